The van der Waals surface area contributed by atoms with Crippen molar-refractivity contribution in [2.24, 2.45) is 0 Å². The first kappa shape index (κ1) is 20.9. The minimum atomic E-state index is 1.04. The summed E-state index contributed by atoms with van der Waals surface area (Å²) in [5, 5.41) is 7.98. The van der Waals surface area contributed by atoms with Crippen molar-refractivity contribution >= 4 is 43.4 Å². The van der Waals surface area contributed by atoms with Crippen LogP contribution in [0.25, 0.3) is 54.5 Å². The van der Waals surface area contributed by atoms with Gasteiger partial charge in [0.2, 0.25) is 11.0 Å². The highest BCUT2D eigenvalue weighted by molar-refractivity contribution is 6.23. The molecule has 0 bridgehead atoms. The van der Waals surface area contributed by atoms with Crippen LogP contribution in [0.5, 0.6) is 0 Å². The SMILES string of the molecule is CCCCCC[n+]1c2ccc3ccccc3c2c(-c2ccccc2)c2c3ccccc3ccc21. The Bertz CT molecular complexity index is 1530. The standard InChI is InChI=1S/C33H30N/c1-2-3-4-12-23-34-29-21-19-24-13-8-10-17-27(24)32(29)31(26-15-6-5-7-16-26)33-28-18-11-9-14-25(28)20-22-30(33)34/h5-11,13-22H,2-4,12,23H2,1H3/q+1. The molecule has 0 aliphatic rings. The van der Waals surface area contributed by atoms with Gasteiger partial charge in [-0.1, -0.05) is 98.6 Å². The first-order valence-electron chi connectivity index (χ1n) is 12.6. The van der Waals surface area contributed by atoms with Crippen molar-refractivity contribution in [2.75, 3.05) is 0 Å². The van der Waals surface area contributed by atoms with E-state index in [2.05, 4.69) is 115 Å². The third kappa shape index (κ3) is 3.44. The van der Waals surface area contributed by atoms with E-state index in [1.807, 2.05) is 0 Å². The van der Waals surface area contributed by atoms with E-state index in [1.165, 1.54) is 80.2 Å². The van der Waals surface area contributed by atoms with E-state index >= 15 is 0 Å². The maximum absolute atomic E-state index is 2.59. The van der Waals surface area contributed by atoms with Crippen LogP contribution in [-0.2, 0) is 6.54 Å². The van der Waals surface area contributed by atoms with Crippen molar-refractivity contribution in [3.8, 4) is 11.1 Å². The maximum Gasteiger partial charge on any atom is 0.214 e. The molecule has 0 aliphatic carbocycles. The molecule has 0 spiro atoms. The van der Waals surface area contributed by atoms with Crippen molar-refractivity contribution in [2.45, 2.75) is 39.2 Å². The number of aromatic nitrogens is 1. The number of aryl methyl sites for hydroxylation is 1. The molecular formula is C33H30N+. The summed E-state index contributed by atoms with van der Waals surface area (Å²) in [7, 11) is 0. The quantitative estimate of drug-likeness (QED) is 0.105. The Hall–Kier alpha value is -3.71. The van der Waals surface area contributed by atoms with Gasteiger partial charge in [-0.05, 0) is 45.7 Å². The molecule has 34 heavy (non-hydrogen) atoms. The first-order chi connectivity index (χ1) is 16.9. The molecule has 0 fully saturated rings. The fourth-order valence-electron chi connectivity index (χ4n) is 5.58. The Morgan fingerprint density at radius 1 is 0.529 bits per heavy atom. The van der Waals surface area contributed by atoms with Crippen LogP contribution in [-0.4, -0.2) is 0 Å². The van der Waals surface area contributed by atoms with Crippen molar-refractivity contribution in [1.29, 1.82) is 0 Å². The molecule has 6 rings (SSSR count). The number of rotatable bonds is 6. The number of hydrogen-bond donors (Lipinski definition) is 0. The summed E-state index contributed by atoms with van der Waals surface area (Å²) in [5.41, 5.74) is 5.29. The Balaban J connectivity index is 1.83. The fraction of sp³-hybridized carbons (Fsp3) is 0.182. The van der Waals surface area contributed by atoms with E-state index in [1.54, 1.807) is 0 Å². The average molecular weight is 441 g/mol. The van der Waals surface area contributed by atoms with Gasteiger partial charge in [0.15, 0.2) is 0 Å². The number of benzene rings is 5. The smallest absolute Gasteiger partial charge is 0.191 e. The zero-order valence-electron chi connectivity index (χ0n) is 19.8. The van der Waals surface area contributed by atoms with E-state index in [0.717, 1.165) is 6.54 Å². The number of fused-ring (bicyclic) bond motifs is 6. The third-order valence-electron chi connectivity index (χ3n) is 7.19. The summed E-state index contributed by atoms with van der Waals surface area (Å²) in [6, 6.07) is 38.0. The van der Waals surface area contributed by atoms with Crippen molar-refractivity contribution in [1.82, 2.24) is 0 Å². The minimum Gasteiger partial charge on any atom is -0.191 e. The molecule has 0 atom stereocenters. The molecule has 1 heterocycles. The molecule has 0 saturated carbocycles. The van der Waals surface area contributed by atoms with Crippen LogP contribution in [0.3, 0.4) is 0 Å². The molecule has 5 aromatic carbocycles. The summed E-state index contributed by atoms with van der Waals surface area (Å²) in [4.78, 5) is 0. The molecular weight excluding hydrogens is 410 g/mol. The normalized spacial score (nSPS) is 11.7. The number of hydrogen-bond acceptors (Lipinski definition) is 0. The maximum atomic E-state index is 2.59. The van der Waals surface area contributed by atoms with Gasteiger partial charge < -0.3 is 0 Å². The lowest BCUT2D eigenvalue weighted by atomic mass is 9.90. The van der Waals surface area contributed by atoms with E-state index in [9.17, 15) is 0 Å². The number of nitrogens with zero attached hydrogens (tertiary/aromatic N) is 1. The molecule has 0 aliphatic heterocycles. The Morgan fingerprint density at radius 2 is 1.09 bits per heavy atom. The van der Waals surface area contributed by atoms with Crippen LogP contribution in [0.15, 0.2) is 103 Å². The molecule has 1 aromatic heterocycles. The van der Waals surface area contributed by atoms with Gasteiger partial charge in [0.25, 0.3) is 0 Å². The lowest BCUT2D eigenvalue weighted by Gasteiger charge is -2.16. The van der Waals surface area contributed by atoms with Crippen LogP contribution in [0, 0.1) is 0 Å². The second kappa shape index (κ2) is 8.91. The predicted octanol–water partition coefficient (Wildman–Crippen LogP) is 8.83. The van der Waals surface area contributed by atoms with Crippen molar-refractivity contribution < 1.29 is 4.57 Å². The van der Waals surface area contributed by atoms with Gasteiger partial charge in [-0.25, -0.2) is 0 Å². The van der Waals surface area contributed by atoms with Gasteiger partial charge >= 0.3 is 0 Å². The zero-order chi connectivity index (χ0) is 22.9. The molecule has 0 radical (unpaired) electrons. The van der Waals surface area contributed by atoms with Crippen molar-refractivity contribution in [3.63, 3.8) is 0 Å². The summed E-state index contributed by atoms with van der Waals surface area (Å²) in [6.07, 6.45) is 5.03. The zero-order valence-corrected chi connectivity index (χ0v) is 19.8. The van der Waals surface area contributed by atoms with E-state index < -0.39 is 0 Å². The number of pyridine rings is 1. The summed E-state index contributed by atoms with van der Waals surface area (Å²) >= 11 is 0. The molecule has 1 heteroatoms. The Kier molecular flexibility index (Phi) is 5.47. The van der Waals surface area contributed by atoms with E-state index in [0.29, 0.717) is 0 Å². The van der Waals surface area contributed by atoms with Crippen LogP contribution in [0.1, 0.15) is 32.6 Å². The van der Waals surface area contributed by atoms with Gasteiger partial charge in [-0.2, -0.15) is 4.57 Å². The van der Waals surface area contributed by atoms with E-state index in [4.69, 9.17) is 0 Å². The topological polar surface area (TPSA) is 3.88 Å². The molecule has 0 saturated heterocycles. The fourth-order valence-corrected chi connectivity index (χ4v) is 5.58. The largest absolute Gasteiger partial charge is 0.214 e. The van der Waals surface area contributed by atoms with Gasteiger partial charge in [0, 0.05) is 24.1 Å². The molecule has 0 N–H and O–H groups in total. The Morgan fingerprint density at radius 3 is 1.68 bits per heavy atom. The lowest BCUT2D eigenvalue weighted by Crippen LogP contribution is -2.36. The monoisotopic (exact) mass is 440 g/mol. The first-order valence-corrected chi connectivity index (χ1v) is 12.6. The van der Waals surface area contributed by atoms with Crippen LogP contribution >= 0.6 is 0 Å². The van der Waals surface area contributed by atoms with Crippen LogP contribution in [0.4, 0.5) is 0 Å². The summed E-state index contributed by atoms with van der Waals surface area (Å²) in [5.74, 6) is 0. The number of unbranched alkanes of at least 4 members (excludes halogenated alkanes) is 3. The van der Waals surface area contributed by atoms with Crippen molar-refractivity contribution in [3.05, 3.63) is 103 Å². The van der Waals surface area contributed by atoms with Gasteiger partial charge in [0.1, 0.15) is 6.54 Å². The van der Waals surface area contributed by atoms with Gasteiger partial charge in [0.05, 0.1) is 10.8 Å². The molecule has 1 nitrogen and oxygen atoms in total. The minimum absolute atomic E-state index is 1.04. The second-order valence-electron chi connectivity index (χ2n) is 9.31. The van der Waals surface area contributed by atoms with E-state index in [-0.39, 0.29) is 0 Å². The second-order valence-corrected chi connectivity index (χ2v) is 9.31. The summed E-state index contributed by atoms with van der Waals surface area (Å²) < 4.78 is 2.59. The molecule has 0 unspecified atom stereocenters. The van der Waals surface area contributed by atoms with Gasteiger partial charge in [-0.3, -0.25) is 0 Å². The molecule has 0 amide bonds. The predicted molar refractivity (Wildman–Crippen MR) is 146 cm³/mol. The van der Waals surface area contributed by atoms with Crippen LogP contribution < -0.4 is 4.57 Å². The highest BCUT2D eigenvalue weighted by atomic mass is 15.0. The molecule has 6 aromatic rings. The highest BCUT2D eigenvalue weighted by Gasteiger charge is 2.24. The lowest BCUT2D eigenvalue weighted by molar-refractivity contribution is -0.645. The van der Waals surface area contributed by atoms with Crippen LogP contribution in [0.2, 0.25) is 0 Å². The third-order valence-corrected chi connectivity index (χ3v) is 7.19. The Labute approximate surface area is 201 Å². The summed E-state index contributed by atoms with van der Waals surface area (Å²) in [6.45, 7) is 3.32. The van der Waals surface area contributed by atoms with Gasteiger partial charge in [-0.15, -0.1) is 0 Å². The highest BCUT2D eigenvalue weighted by Crippen LogP contribution is 2.40. The molecule has 166 valence electrons. The average Bonchev–Trinajstić information content (AvgIpc) is 2.90.